The van der Waals surface area contributed by atoms with Gasteiger partial charge in [-0.2, -0.15) is 0 Å². The van der Waals surface area contributed by atoms with Gasteiger partial charge >= 0.3 is 11.9 Å². The van der Waals surface area contributed by atoms with E-state index in [0.717, 1.165) is 36.0 Å². The van der Waals surface area contributed by atoms with Crippen molar-refractivity contribution < 1.29 is 42.1 Å². The number of benzene rings is 2. The van der Waals surface area contributed by atoms with Gasteiger partial charge in [-0.05, 0) is 29.5 Å². The van der Waals surface area contributed by atoms with Gasteiger partial charge in [0.15, 0.2) is 6.10 Å². The number of likely N-dealkylation sites (N-methyl/N-ethyl adjacent to an activating group) is 1. The van der Waals surface area contributed by atoms with Gasteiger partial charge in [0.1, 0.15) is 19.8 Å². The zero-order valence-electron chi connectivity index (χ0n) is 34.0. The van der Waals surface area contributed by atoms with Crippen LogP contribution in [0, 0.1) is 0 Å². The van der Waals surface area contributed by atoms with Gasteiger partial charge in [-0.1, -0.05) is 175 Å². The van der Waals surface area contributed by atoms with Crippen LogP contribution in [0.5, 0.6) is 0 Å². The molecule has 0 aromatic heterocycles. The second kappa shape index (κ2) is 29.0. The van der Waals surface area contributed by atoms with Gasteiger partial charge in [-0.15, -0.1) is 0 Å². The highest BCUT2D eigenvalue weighted by Crippen LogP contribution is 2.38. The number of ether oxygens (including phenoxy) is 2. The average molecular weight is 782 g/mol. The number of carbonyl (C=O) groups is 2. The minimum Gasteiger partial charge on any atom is -0.756 e. The average Bonchev–Trinajstić information content (AvgIpc) is 3.15. The van der Waals surface area contributed by atoms with Crippen molar-refractivity contribution in [2.24, 2.45) is 0 Å². The molecule has 0 fully saturated rings. The van der Waals surface area contributed by atoms with E-state index in [0.29, 0.717) is 23.9 Å². The first-order chi connectivity index (χ1) is 26.5. The summed E-state index contributed by atoms with van der Waals surface area (Å²) in [4.78, 5) is 37.7. The molecule has 1 unspecified atom stereocenters. The predicted octanol–water partition coefficient (Wildman–Crippen LogP) is 10.2. The van der Waals surface area contributed by atoms with Crippen molar-refractivity contribution in [1.82, 2.24) is 0 Å². The van der Waals surface area contributed by atoms with Crippen molar-refractivity contribution in [2.45, 2.75) is 116 Å². The van der Waals surface area contributed by atoms with Crippen molar-refractivity contribution in [3.8, 4) is 0 Å². The Morgan fingerprint density at radius 3 is 1.78 bits per heavy atom. The number of quaternary nitrogens is 1. The number of unbranched alkanes of at least 4 members (excludes halogenated alkanes) is 12. The lowest BCUT2D eigenvalue weighted by Gasteiger charge is -2.28. The van der Waals surface area contributed by atoms with Crippen LogP contribution in [0.2, 0.25) is 0 Å². The first kappa shape index (κ1) is 47.8. The topological polar surface area (TPSA) is 111 Å². The maximum Gasteiger partial charge on any atom is 0.306 e. The van der Waals surface area contributed by atoms with Crippen molar-refractivity contribution in [1.29, 1.82) is 0 Å². The minimum atomic E-state index is -4.67. The summed E-state index contributed by atoms with van der Waals surface area (Å²) in [5, 5.41) is 0. The van der Waals surface area contributed by atoms with Crippen molar-refractivity contribution in [3.63, 3.8) is 0 Å². The molecule has 2 aromatic rings. The van der Waals surface area contributed by atoms with Crippen LogP contribution in [0.3, 0.4) is 0 Å². The summed E-state index contributed by atoms with van der Waals surface area (Å²) in [5.74, 6) is -0.975. The van der Waals surface area contributed by atoms with Crippen LogP contribution < -0.4 is 4.89 Å². The molecule has 0 heterocycles. The highest BCUT2D eigenvalue weighted by molar-refractivity contribution is 7.45. The molecule has 0 saturated carbocycles. The van der Waals surface area contributed by atoms with Crippen LogP contribution in [0.1, 0.15) is 121 Å². The summed E-state index contributed by atoms with van der Waals surface area (Å²) in [7, 11) is 1.08. The van der Waals surface area contributed by atoms with Gasteiger partial charge in [0.25, 0.3) is 7.82 Å². The third-order valence-electron chi connectivity index (χ3n) is 8.95. The molecular formula is C45H68NO8P. The molecular weight excluding hydrogens is 713 g/mol. The van der Waals surface area contributed by atoms with Gasteiger partial charge in [0.05, 0.1) is 27.7 Å². The molecule has 0 bridgehead atoms. The highest BCUT2D eigenvalue weighted by atomic mass is 31.2. The zero-order chi connectivity index (χ0) is 40.0. The van der Waals surface area contributed by atoms with Gasteiger partial charge in [-0.25, -0.2) is 0 Å². The maximum atomic E-state index is 12.7. The molecule has 0 amide bonds. The van der Waals surface area contributed by atoms with E-state index in [9.17, 15) is 19.0 Å². The number of allylic oxidation sites excluding steroid dienone is 5. The highest BCUT2D eigenvalue weighted by Gasteiger charge is 2.21. The van der Waals surface area contributed by atoms with Gasteiger partial charge in [0.2, 0.25) is 0 Å². The molecule has 0 aliphatic carbocycles. The smallest absolute Gasteiger partial charge is 0.306 e. The monoisotopic (exact) mass is 781 g/mol. The van der Waals surface area contributed by atoms with Crippen LogP contribution in [0.25, 0.3) is 5.57 Å². The number of nitrogens with zero attached hydrogens (tertiary/aromatic N) is 1. The fourth-order valence-corrected chi connectivity index (χ4v) is 6.46. The van der Waals surface area contributed by atoms with Crippen LogP contribution in [0.15, 0.2) is 91.0 Å². The quantitative estimate of drug-likeness (QED) is 0.0244. The number of rotatable bonds is 31. The van der Waals surface area contributed by atoms with E-state index in [4.69, 9.17) is 18.5 Å². The van der Waals surface area contributed by atoms with Crippen molar-refractivity contribution in [2.75, 3.05) is 47.5 Å². The standard InChI is InChI=1S/C45H68NO8P/c1-5-6-7-8-9-10-11-12-13-14-15-18-27-34-44(47)51-38-42(39-53-55(49,50)52-37-36-46(2,3)4)54-45(48)35-28-19-16-17-26-33-43(40-29-22-20-23-30-40)41-31-24-21-25-32-41/h16-17,19-26,29-33,42H,5-15,18,27-28,34-39H2,1-4H3/b19-16+,26-17+/t42-/m1/s1. The maximum absolute atomic E-state index is 12.7. The molecule has 2 atom stereocenters. The Morgan fingerprint density at radius 1 is 0.691 bits per heavy atom. The Kier molecular flexibility index (Phi) is 25.2. The normalized spacial score (nSPS) is 13.5. The third kappa shape index (κ3) is 25.5. The molecule has 2 rings (SSSR count). The summed E-state index contributed by atoms with van der Waals surface area (Å²) in [5.41, 5.74) is 3.31. The third-order valence-corrected chi connectivity index (χ3v) is 9.91. The number of esters is 2. The fourth-order valence-electron chi connectivity index (χ4n) is 5.73. The summed E-state index contributed by atoms with van der Waals surface area (Å²) in [6.07, 6.45) is 24.9. The summed E-state index contributed by atoms with van der Waals surface area (Å²) in [6.45, 7) is 1.81. The second-order valence-corrected chi connectivity index (χ2v) is 16.5. The number of hydrogen-bond acceptors (Lipinski definition) is 8. The first-order valence-corrected chi connectivity index (χ1v) is 21.8. The Hall–Kier alpha value is -3.33. The van der Waals surface area contributed by atoms with Crippen LogP contribution in [-0.4, -0.2) is 70.0 Å². The minimum absolute atomic E-state index is 0.0535. The molecule has 10 heteroatoms. The summed E-state index contributed by atoms with van der Waals surface area (Å²) < 4.78 is 33.9. The zero-order valence-corrected chi connectivity index (χ0v) is 34.9. The second-order valence-electron chi connectivity index (χ2n) is 15.0. The Morgan fingerprint density at radius 2 is 1.24 bits per heavy atom. The van der Waals surface area contributed by atoms with E-state index >= 15 is 0 Å². The lowest BCUT2D eigenvalue weighted by Crippen LogP contribution is -2.37. The molecule has 0 N–H and O–H groups in total. The van der Waals surface area contributed by atoms with Gasteiger partial charge in [0, 0.05) is 12.8 Å². The number of phosphoric acid groups is 1. The molecule has 2 aromatic carbocycles. The molecule has 9 nitrogen and oxygen atoms in total. The Labute approximate surface area is 332 Å². The van der Waals surface area contributed by atoms with Gasteiger partial charge < -0.3 is 27.9 Å². The van der Waals surface area contributed by atoms with E-state index in [-0.39, 0.29) is 26.1 Å². The van der Waals surface area contributed by atoms with E-state index in [1.54, 1.807) is 0 Å². The van der Waals surface area contributed by atoms with Crippen LogP contribution in [0.4, 0.5) is 0 Å². The van der Waals surface area contributed by atoms with E-state index in [2.05, 4.69) is 37.3 Å². The molecule has 0 radical (unpaired) electrons. The SMILES string of the molecule is CCCCCCCCCCCCCCCC(=O)OC[C@H](COP(=O)([O-])OCC[N+](C)(C)C)OC(=O)CC/C=C/C=C/C=C(c1ccccc1)c1ccccc1. The summed E-state index contributed by atoms with van der Waals surface area (Å²) >= 11 is 0. The molecule has 0 spiro atoms. The summed E-state index contributed by atoms with van der Waals surface area (Å²) in [6, 6.07) is 20.3. The van der Waals surface area contributed by atoms with E-state index < -0.39 is 32.5 Å². The van der Waals surface area contributed by atoms with Crippen LogP contribution in [-0.2, 0) is 32.7 Å². The predicted molar refractivity (Wildman–Crippen MR) is 221 cm³/mol. The molecule has 306 valence electrons. The molecule has 55 heavy (non-hydrogen) atoms. The largest absolute Gasteiger partial charge is 0.756 e. The van der Waals surface area contributed by atoms with E-state index in [1.165, 1.54) is 57.8 Å². The molecule has 0 aliphatic rings. The van der Waals surface area contributed by atoms with Crippen molar-refractivity contribution >= 4 is 25.3 Å². The van der Waals surface area contributed by atoms with E-state index in [1.807, 2.05) is 81.8 Å². The molecule has 0 saturated heterocycles. The molecule has 0 aliphatic heterocycles. The Bertz CT molecular complexity index is 1410. The lowest BCUT2D eigenvalue weighted by atomic mass is 9.97. The number of phosphoric ester groups is 1. The number of carbonyl (C=O) groups excluding carboxylic acids is 2. The lowest BCUT2D eigenvalue weighted by molar-refractivity contribution is -0.870. The number of hydrogen-bond donors (Lipinski definition) is 0. The fraction of sp³-hybridized carbons (Fsp3) is 0.556. The van der Waals surface area contributed by atoms with Gasteiger partial charge in [-0.3, -0.25) is 14.2 Å². The Balaban J connectivity index is 1.80. The van der Waals surface area contributed by atoms with Crippen LogP contribution >= 0.6 is 7.82 Å². The van der Waals surface area contributed by atoms with Crippen molar-refractivity contribution in [3.05, 3.63) is 102 Å². The first-order valence-electron chi connectivity index (χ1n) is 20.4.